The van der Waals surface area contributed by atoms with Gasteiger partial charge in [0.15, 0.2) is 0 Å². The molecule has 0 aromatic carbocycles. The Bertz CT molecular complexity index is 487. The van der Waals surface area contributed by atoms with Crippen LogP contribution in [0.4, 0.5) is 0 Å². The van der Waals surface area contributed by atoms with Gasteiger partial charge in [0.05, 0.1) is 6.61 Å². The van der Waals surface area contributed by atoms with E-state index < -0.39 is 0 Å². The van der Waals surface area contributed by atoms with Crippen molar-refractivity contribution in [2.24, 2.45) is 17.3 Å². The van der Waals surface area contributed by atoms with Crippen LogP contribution >= 0.6 is 11.3 Å². The molecule has 2 aliphatic heterocycles. The number of hydrogen-bond acceptors (Lipinski definition) is 4. The first kappa shape index (κ1) is 15.1. The summed E-state index contributed by atoms with van der Waals surface area (Å²) in [7, 11) is 1.87. The number of methoxy groups -OCH3 is 1. The Hall–Kier alpha value is -0.420. The van der Waals surface area contributed by atoms with Crippen molar-refractivity contribution in [2.75, 3.05) is 46.4 Å². The molecular formula is C18H28N2OS. The Morgan fingerprint density at radius 2 is 2.18 bits per heavy atom. The Morgan fingerprint density at radius 1 is 1.32 bits per heavy atom. The average Bonchev–Trinajstić information content (AvgIpc) is 2.90. The summed E-state index contributed by atoms with van der Waals surface area (Å²) in [6, 6.07) is 4.45. The quantitative estimate of drug-likeness (QED) is 0.801. The third kappa shape index (κ3) is 3.12. The second-order valence-electron chi connectivity index (χ2n) is 7.69. The highest BCUT2D eigenvalue weighted by Gasteiger charge is 2.50. The van der Waals surface area contributed by atoms with Gasteiger partial charge in [-0.05, 0) is 43.2 Å². The molecule has 1 spiro atoms. The fourth-order valence-electron chi connectivity index (χ4n) is 4.58. The summed E-state index contributed by atoms with van der Waals surface area (Å²) >= 11 is 1.89. The van der Waals surface area contributed by atoms with Gasteiger partial charge in [0.2, 0.25) is 0 Å². The first-order valence-corrected chi connectivity index (χ1v) is 9.61. The number of hydrogen-bond donors (Lipinski definition) is 0. The van der Waals surface area contributed by atoms with Crippen LogP contribution in [-0.2, 0) is 11.3 Å². The fraction of sp³-hybridized carbons (Fsp3) is 0.778. The molecule has 4 rings (SSSR count). The van der Waals surface area contributed by atoms with E-state index in [1.54, 1.807) is 0 Å². The molecule has 0 bridgehead atoms. The third-order valence-corrected chi connectivity index (χ3v) is 6.75. The predicted molar refractivity (Wildman–Crippen MR) is 91.2 cm³/mol. The van der Waals surface area contributed by atoms with E-state index >= 15 is 0 Å². The average molecular weight is 321 g/mol. The minimum atomic E-state index is 0.488. The van der Waals surface area contributed by atoms with Gasteiger partial charge < -0.3 is 9.64 Å². The Morgan fingerprint density at radius 3 is 2.91 bits per heavy atom. The van der Waals surface area contributed by atoms with Crippen molar-refractivity contribution in [3.63, 3.8) is 0 Å². The lowest BCUT2D eigenvalue weighted by Gasteiger charge is -2.30. The molecule has 0 radical (unpaired) electrons. The zero-order chi connectivity index (χ0) is 15.0. The van der Waals surface area contributed by atoms with Gasteiger partial charge in [-0.2, -0.15) is 0 Å². The van der Waals surface area contributed by atoms with Crippen molar-refractivity contribution < 1.29 is 4.74 Å². The largest absolute Gasteiger partial charge is 0.384 e. The second-order valence-corrected chi connectivity index (χ2v) is 8.72. The summed E-state index contributed by atoms with van der Waals surface area (Å²) in [6.07, 6.45) is 4.28. The highest BCUT2D eigenvalue weighted by atomic mass is 32.1. The van der Waals surface area contributed by atoms with Crippen LogP contribution < -0.4 is 0 Å². The SMILES string of the molecule is COC[C@@H]1CN(CC2CC2)C[C@]12CCN(Cc1cccs1)C2. The van der Waals surface area contributed by atoms with Crippen LogP contribution in [0.15, 0.2) is 17.5 Å². The maximum absolute atomic E-state index is 5.58. The summed E-state index contributed by atoms with van der Waals surface area (Å²) in [4.78, 5) is 6.93. The number of rotatable bonds is 6. The monoisotopic (exact) mass is 320 g/mol. The van der Waals surface area contributed by atoms with Gasteiger partial charge in [-0.25, -0.2) is 0 Å². The predicted octanol–water partition coefficient (Wildman–Crippen LogP) is 2.93. The number of thiophene rings is 1. The molecule has 3 fully saturated rings. The highest BCUT2D eigenvalue weighted by molar-refractivity contribution is 7.09. The normalized spacial score (nSPS) is 33.2. The summed E-state index contributed by atoms with van der Waals surface area (Å²) < 4.78 is 5.58. The summed E-state index contributed by atoms with van der Waals surface area (Å²) in [5, 5.41) is 2.20. The zero-order valence-electron chi connectivity index (χ0n) is 13.7. The van der Waals surface area contributed by atoms with Crippen molar-refractivity contribution in [3.8, 4) is 0 Å². The second kappa shape index (κ2) is 6.23. The third-order valence-electron chi connectivity index (χ3n) is 5.89. The van der Waals surface area contributed by atoms with Gasteiger partial charge in [0, 0.05) is 56.0 Å². The Labute approximate surface area is 138 Å². The van der Waals surface area contributed by atoms with Crippen LogP contribution in [0.3, 0.4) is 0 Å². The van der Waals surface area contributed by atoms with Gasteiger partial charge in [-0.1, -0.05) is 6.07 Å². The van der Waals surface area contributed by atoms with Gasteiger partial charge >= 0.3 is 0 Å². The molecule has 1 aliphatic carbocycles. The Balaban J connectivity index is 1.41. The minimum absolute atomic E-state index is 0.488. The van der Waals surface area contributed by atoms with E-state index in [-0.39, 0.29) is 0 Å². The molecular weight excluding hydrogens is 292 g/mol. The smallest absolute Gasteiger partial charge is 0.0509 e. The number of likely N-dealkylation sites (tertiary alicyclic amines) is 2. The molecule has 0 N–H and O–H groups in total. The standard InChI is InChI=1S/C18H28N2OS/c1-21-12-16-10-20(9-15-4-5-15)14-18(16)6-7-19(13-18)11-17-3-2-8-22-17/h2-3,8,15-16H,4-7,9-14H2,1H3/t16-,18+/m0/s1. The first-order valence-electron chi connectivity index (χ1n) is 8.73. The number of ether oxygens (including phenoxy) is 1. The fourth-order valence-corrected chi connectivity index (χ4v) is 5.33. The van der Waals surface area contributed by atoms with Crippen LogP contribution in [-0.4, -0.2) is 56.2 Å². The van der Waals surface area contributed by atoms with E-state index in [2.05, 4.69) is 27.3 Å². The topological polar surface area (TPSA) is 15.7 Å². The van der Waals surface area contributed by atoms with Gasteiger partial charge in [0.1, 0.15) is 0 Å². The molecule has 3 heterocycles. The van der Waals surface area contributed by atoms with Crippen LogP contribution in [0.25, 0.3) is 0 Å². The van der Waals surface area contributed by atoms with E-state index in [0.717, 1.165) is 25.0 Å². The maximum Gasteiger partial charge on any atom is 0.0509 e. The van der Waals surface area contributed by atoms with Crippen molar-refractivity contribution in [2.45, 2.75) is 25.8 Å². The van der Waals surface area contributed by atoms with Crippen LogP contribution in [0.1, 0.15) is 24.1 Å². The lowest BCUT2D eigenvalue weighted by molar-refractivity contribution is 0.0959. The molecule has 4 heteroatoms. The highest BCUT2D eigenvalue weighted by Crippen LogP contribution is 2.45. The van der Waals surface area contributed by atoms with Crippen LogP contribution in [0.2, 0.25) is 0 Å². The molecule has 1 aromatic rings. The molecule has 3 nitrogen and oxygen atoms in total. The molecule has 3 aliphatic rings. The molecule has 0 unspecified atom stereocenters. The molecule has 22 heavy (non-hydrogen) atoms. The van der Waals surface area contributed by atoms with Gasteiger partial charge in [0.25, 0.3) is 0 Å². The van der Waals surface area contributed by atoms with Crippen molar-refractivity contribution in [3.05, 3.63) is 22.4 Å². The van der Waals surface area contributed by atoms with E-state index in [1.807, 2.05) is 18.4 Å². The van der Waals surface area contributed by atoms with Gasteiger partial charge in [-0.15, -0.1) is 11.3 Å². The van der Waals surface area contributed by atoms with Crippen LogP contribution in [0, 0.1) is 17.3 Å². The summed E-state index contributed by atoms with van der Waals surface area (Å²) in [5.41, 5.74) is 0.488. The van der Waals surface area contributed by atoms with E-state index in [0.29, 0.717) is 5.41 Å². The van der Waals surface area contributed by atoms with E-state index in [9.17, 15) is 0 Å². The summed E-state index contributed by atoms with van der Waals surface area (Å²) in [6.45, 7) is 8.51. The molecule has 122 valence electrons. The molecule has 2 atom stereocenters. The maximum atomic E-state index is 5.58. The lowest BCUT2D eigenvalue weighted by atomic mass is 9.77. The summed E-state index contributed by atoms with van der Waals surface area (Å²) in [5.74, 6) is 1.73. The van der Waals surface area contributed by atoms with Gasteiger partial charge in [-0.3, -0.25) is 4.90 Å². The van der Waals surface area contributed by atoms with Crippen molar-refractivity contribution in [1.29, 1.82) is 0 Å². The number of nitrogens with zero attached hydrogens (tertiary/aromatic N) is 2. The zero-order valence-corrected chi connectivity index (χ0v) is 14.5. The van der Waals surface area contributed by atoms with E-state index in [4.69, 9.17) is 4.74 Å². The van der Waals surface area contributed by atoms with Crippen molar-refractivity contribution >= 4 is 11.3 Å². The lowest BCUT2D eigenvalue weighted by Crippen LogP contribution is -2.36. The molecule has 0 amide bonds. The minimum Gasteiger partial charge on any atom is -0.384 e. The van der Waals surface area contributed by atoms with Crippen LogP contribution in [0.5, 0.6) is 0 Å². The van der Waals surface area contributed by atoms with Crippen molar-refractivity contribution in [1.82, 2.24) is 9.80 Å². The Kier molecular flexibility index (Phi) is 4.29. The molecule has 1 aromatic heterocycles. The molecule has 2 saturated heterocycles. The first-order chi connectivity index (χ1) is 10.8. The van der Waals surface area contributed by atoms with E-state index in [1.165, 1.54) is 56.9 Å². The molecule has 1 saturated carbocycles.